The van der Waals surface area contributed by atoms with Crippen molar-refractivity contribution in [2.75, 3.05) is 18.6 Å². The van der Waals surface area contributed by atoms with Gasteiger partial charge >= 0.3 is 0 Å². The summed E-state index contributed by atoms with van der Waals surface area (Å²) in [7, 11) is 1.84. The topological polar surface area (TPSA) is 93.7 Å². The van der Waals surface area contributed by atoms with Crippen LogP contribution in [0.1, 0.15) is 133 Å². The van der Waals surface area contributed by atoms with Crippen LogP contribution in [0.5, 0.6) is 0 Å². The van der Waals surface area contributed by atoms with E-state index in [1.165, 1.54) is 59.2 Å². The van der Waals surface area contributed by atoms with Gasteiger partial charge in [0.05, 0.1) is 36.1 Å². The lowest BCUT2D eigenvalue weighted by Gasteiger charge is -2.34. The molecular formula is C49H63N5O3. The summed E-state index contributed by atoms with van der Waals surface area (Å²) in [6.07, 6.45) is 10.6. The van der Waals surface area contributed by atoms with Gasteiger partial charge in [0.15, 0.2) is 0 Å². The first-order valence-electron chi connectivity index (χ1n) is 21.1. The van der Waals surface area contributed by atoms with Gasteiger partial charge in [0.25, 0.3) is 5.91 Å². The fourth-order valence-electron chi connectivity index (χ4n) is 9.13. The predicted molar refractivity (Wildman–Crippen MR) is 231 cm³/mol. The van der Waals surface area contributed by atoms with Gasteiger partial charge in [-0.25, -0.2) is 4.98 Å². The number of likely N-dealkylation sites (tertiary alicyclic amines) is 1. The van der Waals surface area contributed by atoms with Gasteiger partial charge in [-0.15, -0.1) is 0 Å². The molecule has 1 amide bonds. The Balaban J connectivity index is 1.15. The van der Waals surface area contributed by atoms with E-state index in [2.05, 4.69) is 128 Å². The van der Waals surface area contributed by atoms with Crippen LogP contribution in [-0.2, 0) is 14.9 Å². The normalized spacial score (nSPS) is 22.4. The van der Waals surface area contributed by atoms with Gasteiger partial charge in [-0.1, -0.05) is 115 Å². The standard InChI is InChI=1S/C49H63N5O3/c1-31(2)46(55)48(56)53-27-11-14-42(53)47-51-30-41(52-47)36-17-21-38(22-18-36)45-44(57-8)28-43(54(45)40-25-23-39(24-26-40)49(5,6)7)37-19-15-34(16-20-37)32(3)29-50-33(4)35-12-9-10-13-35/h15-26,29-31,35,42-46,50,55H,4,9-14,27-28H2,1-3,5-8H3,(H,51,52)/b32-29+/t42?,43-,44?,45?,46-/m0/s1. The van der Waals surface area contributed by atoms with Crippen molar-refractivity contribution in [2.45, 2.75) is 122 Å². The third kappa shape index (κ3) is 8.63. The molecule has 0 radical (unpaired) electrons. The van der Waals surface area contributed by atoms with Crippen molar-refractivity contribution in [1.29, 1.82) is 0 Å². The van der Waals surface area contributed by atoms with Crippen molar-refractivity contribution in [3.8, 4) is 11.3 Å². The summed E-state index contributed by atoms with van der Waals surface area (Å²) in [6, 6.07) is 26.9. The van der Waals surface area contributed by atoms with E-state index in [9.17, 15) is 9.90 Å². The number of hydrogen-bond donors (Lipinski definition) is 3. The lowest BCUT2D eigenvalue weighted by atomic mass is 9.87. The molecule has 2 saturated heterocycles. The Morgan fingerprint density at radius 3 is 2.25 bits per heavy atom. The number of carbonyl (C=O) groups excluding carboxylic acids is 1. The van der Waals surface area contributed by atoms with E-state index in [0.717, 1.165) is 42.0 Å². The lowest BCUT2D eigenvalue weighted by molar-refractivity contribution is -0.143. The highest BCUT2D eigenvalue weighted by molar-refractivity contribution is 5.81. The second-order valence-corrected chi connectivity index (χ2v) is 18.0. The number of carbonyl (C=O) groups is 1. The van der Waals surface area contributed by atoms with Gasteiger partial charge in [-0.2, -0.15) is 0 Å². The van der Waals surface area contributed by atoms with E-state index in [4.69, 9.17) is 9.72 Å². The van der Waals surface area contributed by atoms with E-state index in [1.807, 2.05) is 27.2 Å². The molecule has 5 atom stereocenters. The Kier molecular flexibility index (Phi) is 12.1. The highest BCUT2D eigenvalue weighted by atomic mass is 16.5. The molecule has 8 nitrogen and oxygen atoms in total. The van der Waals surface area contributed by atoms with Crippen LogP contribution >= 0.6 is 0 Å². The zero-order valence-corrected chi connectivity index (χ0v) is 35.1. The number of nitrogens with zero attached hydrogens (tertiary/aromatic N) is 3. The third-order valence-corrected chi connectivity index (χ3v) is 12.7. The Hall–Kier alpha value is -4.66. The van der Waals surface area contributed by atoms with Crippen LogP contribution in [0.3, 0.4) is 0 Å². The first-order valence-corrected chi connectivity index (χ1v) is 21.1. The largest absolute Gasteiger partial charge is 0.383 e. The van der Waals surface area contributed by atoms with Crippen LogP contribution in [0.15, 0.2) is 97.5 Å². The SMILES string of the molecule is C=C(N/C=C(\C)c1ccc([C@@H]2CC(OC)C(c3ccc(-c4cnc(C5CCCN5C(=O)[C@@H](O)C(C)C)[nH]4)cc3)N2c2ccc(C(C)(C)C)cc2)cc1)C1CCCC1. The number of aliphatic hydroxyl groups excluding tert-OH is 1. The number of ether oxygens (including phenoxy) is 1. The number of allylic oxidation sites excluding steroid dienone is 2. The highest BCUT2D eigenvalue weighted by Crippen LogP contribution is 2.49. The molecule has 2 aliphatic heterocycles. The van der Waals surface area contributed by atoms with Crippen LogP contribution < -0.4 is 10.2 Å². The Morgan fingerprint density at radius 2 is 1.61 bits per heavy atom. The highest BCUT2D eigenvalue weighted by Gasteiger charge is 2.43. The molecule has 3 aliphatic rings. The van der Waals surface area contributed by atoms with E-state index in [0.29, 0.717) is 12.5 Å². The fourth-order valence-corrected chi connectivity index (χ4v) is 9.13. The average molecular weight is 770 g/mol. The first-order chi connectivity index (χ1) is 27.3. The molecule has 1 aliphatic carbocycles. The molecule has 3 unspecified atom stereocenters. The molecule has 3 N–H and O–H groups in total. The summed E-state index contributed by atoms with van der Waals surface area (Å²) in [4.78, 5) is 25.7. The van der Waals surface area contributed by atoms with Crippen molar-refractivity contribution in [2.24, 2.45) is 11.8 Å². The van der Waals surface area contributed by atoms with Gasteiger partial charge in [-0.3, -0.25) is 4.79 Å². The van der Waals surface area contributed by atoms with Crippen LogP contribution in [0, 0.1) is 11.8 Å². The molecule has 3 fully saturated rings. The molecule has 7 rings (SSSR count). The molecule has 3 heterocycles. The number of rotatable bonds is 12. The van der Waals surface area contributed by atoms with Crippen LogP contribution in [0.2, 0.25) is 0 Å². The summed E-state index contributed by atoms with van der Waals surface area (Å²) in [5.74, 6) is 0.992. The molecule has 0 bridgehead atoms. The number of H-pyrrole nitrogens is 1. The average Bonchev–Trinajstić information content (AvgIpc) is 4.06. The Labute approximate surface area is 340 Å². The molecule has 3 aromatic carbocycles. The van der Waals surface area contributed by atoms with Gasteiger partial charge in [0.1, 0.15) is 11.9 Å². The molecule has 1 aromatic heterocycles. The maximum Gasteiger partial charge on any atom is 0.252 e. The van der Waals surface area contributed by atoms with Crippen LogP contribution in [0.25, 0.3) is 16.8 Å². The molecule has 57 heavy (non-hydrogen) atoms. The summed E-state index contributed by atoms with van der Waals surface area (Å²) in [6.45, 7) is 17.6. The van der Waals surface area contributed by atoms with E-state index >= 15 is 0 Å². The monoisotopic (exact) mass is 769 g/mol. The second kappa shape index (κ2) is 17.1. The maximum atomic E-state index is 13.1. The number of hydrogen-bond acceptors (Lipinski definition) is 6. The maximum absolute atomic E-state index is 13.1. The smallest absolute Gasteiger partial charge is 0.252 e. The predicted octanol–water partition coefficient (Wildman–Crippen LogP) is 10.4. The number of aromatic amines is 1. The summed E-state index contributed by atoms with van der Waals surface area (Å²) < 4.78 is 6.32. The number of methoxy groups -OCH3 is 1. The number of aliphatic hydroxyl groups is 1. The number of amides is 1. The number of anilines is 1. The quantitative estimate of drug-likeness (QED) is 0.133. The zero-order valence-electron chi connectivity index (χ0n) is 35.1. The lowest BCUT2D eigenvalue weighted by Crippen LogP contribution is -2.41. The van der Waals surface area contributed by atoms with Crippen molar-refractivity contribution >= 4 is 17.2 Å². The number of imidazole rings is 1. The molecule has 4 aromatic rings. The Morgan fingerprint density at radius 1 is 0.947 bits per heavy atom. The minimum absolute atomic E-state index is 0.00980. The van der Waals surface area contributed by atoms with E-state index in [1.54, 1.807) is 4.90 Å². The van der Waals surface area contributed by atoms with Crippen molar-refractivity contribution < 1.29 is 14.6 Å². The van der Waals surface area contributed by atoms with Gasteiger partial charge in [-0.05, 0) is 95.4 Å². The van der Waals surface area contributed by atoms with E-state index in [-0.39, 0.29) is 41.5 Å². The molecule has 0 spiro atoms. The number of benzene rings is 3. The van der Waals surface area contributed by atoms with Crippen molar-refractivity contribution in [3.63, 3.8) is 0 Å². The molecular weight excluding hydrogens is 707 g/mol. The van der Waals surface area contributed by atoms with E-state index < -0.39 is 6.10 Å². The third-order valence-electron chi connectivity index (χ3n) is 12.7. The summed E-state index contributed by atoms with van der Waals surface area (Å²) in [5.41, 5.74) is 10.4. The summed E-state index contributed by atoms with van der Waals surface area (Å²) in [5, 5.41) is 14.0. The fraction of sp³-hybridized carbons (Fsp3) is 0.469. The summed E-state index contributed by atoms with van der Waals surface area (Å²) >= 11 is 0. The molecule has 1 saturated carbocycles. The van der Waals surface area contributed by atoms with Crippen LogP contribution in [0.4, 0.5) is 5.69 Å². The number of nitrogens with one attached hydrogen (secondary N) is 2. The minimum atomic E-state index is -1.00. The first kappa shape index (κ1) is 40.5. The van der Waals surface area contributed by atoms with Gasteiger partial charge < -0.3 is 29.9 Å². The minimum Gasteiger partial charge on any atom is -0.383 e. The van der Waals surface area contributed by atoms with Crippen molar-refractivity contribution in [3.05, 3.63) is 126 Å². The van der Waals surface area contributed by atoms with Crippen molar-refractivity contribution in [1.82, 2.24) is 20.2 Å². The Bertz CT molecular complexity index is 2020. The zero-order chi connectivity index (χ0) is 40.4. The number of aromatic nitrogens is 2. The van der Waals surface area contributed by atoms with Crippen LogP contribution in [-0.4, -0.2) is 51.7 Å². The molecule has 8 heteroatoms. The van der Waals surface area contributed by atoms with Gasteiger partial charge in [0.2, 0.25) is 0 Å². The second-order valence-electron chi connectivity index (χ2n) is 18.0. The molecule has 302 valence electrons. The van der Waals surface area contributed by atoms with Gasteiger partial charge in [0, 0.05) is 37.7 Å².